The van der Waals surface area contributed by atoms with Crippen molar-refractivity contribution in [2.24, 2.45) is 5.92 Å². The van der Waals surface area contributed by atoms with Crippen LogP contribution in [0.25, 0.3) is 0 Å². The Morgan fingerprint density at radius 3 is 2.26 bits per heavy atom. The molecule has 19 heavy (non-hydrogen) atoms. The minimum Gasteiger partial charge on any atom is -0.317 e. The first-order valence-electron chi connectivity index (χ1n) is 7.18. The molecule has 106 valence electrons. The van der Waals surface area contributed by atoms with Crippen LogP contribution in [0.3, 0.4) is 0 Å². The number of alkyl halides is 2. The van der Waals surface area contributed by atoms with Gasteiger partial charge in [-0.15, -0.1) is 0 Å². The van der Waals surface area contributed by atoms with Crippen LogP contribution in [0.1, 0.15) is 50.2 Å². The lowest BCUT2D eigenvalue weighted by Gasteiger charge is -2.24. The molecule has 0 atom stereocenters. The van der Waals surface area contributed by atoms with E-state index in [2.05, 4.69) is 5.32 Å². The Kier molecular flexibility index (Phi) is 4.56. The van der Waals surface area contributed by atoms with Gasteiger partial charge in [0.15, 0.2) is 0 Å². The van der Waals surface area contributed by atoms with Crippen molar-refractivity contribution in [3.63, 3.8) is 0 Å². The highest BCUT2D eigenvalue weighted by atomic mass is 19.3. The quantitative estimate of drug-likeness (QED) is 0.858. The van der Waals surface area contributed by atoms with Gasteiger partial charge in [0.1, 0.15) is 0 Å². The van der Waals surface area contributed by atoms with Gasteiger partial charge in [-0.2, -0.15) is 0 Å². The first-order valence-corrected chi connectivity index (χ1v) is 7.18. The Bertz CT molecular complexity index is 392. The first kappa shape index (κ1) is 14.4. The molecule has 1 aromatic carbocycles. The second-order valence-electron chi connectivity index (χ2n) is 5.95. The van der Waals surface area contributed by atoms with E-state index in [1.54, 1.807) is 12.1 Å². The van der Waals surface area contributed by atoms with Crippen molar-refractivity contribution in [1.29, 1.82) is 0 Å². The maximum atomic E-state index is 14.0. The third-order valence-corrected chi connectivity index (χ3v) is 3.81. The molecule has 1 aliphatic rings. The summed E-state index contributed by atoms with van der Waals surface area (Å²) in [5.74, 6) is -2.19. The number of benzene rings is 1. The van der Waals surface area contributed by atoms with Gasteiger partial charge in [-0.1, -0.05) is 38.1 Å². The molecule has 2 rings (SSSR count). The van der Waals surface area contributed by atoms with E-state index >= 15 is 0 Å². The fraction of sp³-hybridized carbons (Fsp3) is 0.625. The molecule has 0 saturated carbocycles. The number of hydrogen-bond donors (Lipinski definition) is 1. The van der Waals surface area contributed by atoms with Gasteiger partial charge in [0.25, 0.3) is 5.92 Å². The maximum absolute atomic E-state index is 14.0. The van der Waals surface area contributed by atoms with Crippen LogP contribution < -0.4 is 5.32 Å². The van der Waals surface area contributed by atoms with Crippen LogP contribution >= 0.6 is 0 Å². The van der Waals surface area contributed by atoms with Gasteiger partial charge in [-0.25, -0.2) is 8.78 Å². The van der Waals surface area contributed by atoms with Crippen LogP contribution in [0.15, 0.2) is 24.3 Å². The topological polar surface area (TPSA) is 12.0 Å². The van der Waals surface area contributed by atoms with E-state index in [0.29, 0.717) is 5.92 Å². The number of piperidine rings is 1. The normalized spacial score (nSPS) is 17.9. The second kappa shape index (κ2) is 6.00. The van der Waals surface area contributed by atoms with E-state index in [9.17, 15) is 8.78 Å². The molecular weight excluding hydrogens is 244 g/mol. The zero-order chi connectivity index (χ0) is 13.9. The Hall–Kier alpha value is -0.960. The molecule has 0 radical (unpaired) electrons. The lowest BCUT2D eigenvalue weighted by Crippen LogP contribution is -2.26. The lowest BCUT2D eigenvalue weighted by molar-refractivity contribution is -0.0249. The summed E-state index contributed by atoms with van der Waals surface area (Å²) in [6.45, 7) is 5.71. The van der Waals surface area contributed by atoms with Gasteiger partial charge in [0, 0.05) is 12.0 Å². The van der Waals surface area contributed by atoms with Crippen molar-refractivity contribution < 1.29 is 8.78 Å². The highest BCUT2D eigenvalue weighted by Gasteiger charge is 2.32. The molecule has 0 amide bonds. The molecule has 3 heteroatoms. The van der Waals surface area contributed by atoms with Gasteiger partial charge < -0.3 is 5.32 Å². The van der Waals surface area contributed by atoms with Gasteiger partial charge >= 0.3 is 0 Å². The molecule has 1 aromatic rings. The van der Waals surface area contributed by atoms with Crippen LogP contribution in [0.2, 0.25) is 0 Å². The van der Waals surface area contributed by atoms with E-state index in [4.69, 9.17) is 0 Å². The van der Waals surface area contributed by atoms with Crippen LogP contribution in [0.4, 0.5) is 8.78 Å². The molecular formula is C16H23F2N. The summed E-state index contributed by atoms with van der Waals surface area (Å²) in [6.07, 6.45) is 2.11. The monoisotopic (exact) mass is 267 g/mol. The Morgan fingerprint density at radius 1 is 1.16 bits per heavy atom. The molecule has 0 bridgehead atoms. The predicted molar refractivity (Wildman–Crippen MR) is 74.6 cm³/mol. The number of hydrogen-bond acceptors (Lipinski definition) is 1. The van der Waals surface area contributed by atoms with Crippen LogP contribution in [0.5, 0.6) is 0 Å². The molecule has 0 aliphatic carbocycles. The van der Waals surface area contributed by atoms with Gasteiger partial charge in [0.05, 0.1) is 0 Å². The average Bonchev–Trinajstić information content (AvgIpc) is 2.38. The number of nitrogens with one attached hydrogen (secondary N) is 1. The Labute approximate surface area is 114 Å². The summed E-state index contributed by atoms with van der Waals surface area (Å²) in [5, 5.41) is 3.32. The molecule has 1 N–H and O–H groups in total. The van der Waals surface area contributed by atoms with E-state index in [1.165, 1.54) is 5.56 Å². The molecule has 0 aromatic heterocycles. The van der Waals surface area contributed by atoms with Crippen LogP contribution in [-0.2, 0) is 5.92 Å². The second-order valence-corrected chi connectivity index (χ2v) is 5.95. The molecule has 1 aliphatic heterocycles. The van der Waals surface area contributed by atoms with Crippen molar-refractivity contribution >= 4 is 0 Å². The molecule has 1 nitrogen and oxygen atoms in total. The minimum absolute atomic E-state index is 0.000838. The van der Waals surface area contributed by atoms with Crippen molar-refractivity contribution in [1.82, 2.24) is 5.32 Å². The first-order chi connectivity index (χ1) is 8.99. The largest absolute Gasteiger partial charge is 0.317 e. The molecule has 0 spiro atoms. The minimum atomic E-state index is -2.71. The number of rotatable bonds is 4. The molecule has 1 heterocycles. The zero-order valence-corrected chi connectivity index (χ0v) is 11.8. The lowest BCUT2D eigenvalue weighted by atomic mass is 9.89. The SMILES string of the molecule is CC(C)CC(F)(F)c1ccc(C2CCNCC2)cc1. The van der Waals surface area contributed by atoms with Gasteiger partial charge in [-0.05, 0) is 43.3 Å². The summed E-state index contributed by atoms with van der Waals surface area (Å²) in [5.41, 5.74) is 1.35. The molecule has 1 fully saturated rings. The van der Waals surface area contributed by atoms with Gasteiger partial charge in [0.2, 0.25) is 0 Å². The average molecular weight is 267 g/mol. The summed E-state index contributed by atoms with van der Waals surface area (Å²) in [4.78, 5) is 0. The number of halogens is 2. The van der Waals surface area contributed by atoms with Crippen molar-refractivity contribution in [2.45, 2.75) is 45.0 Å². The third-order valence-electron chi connectivity index (χ3n) is 3.81. The Balaban J connectivity index is 2.09. The van der Waals surface area contributed by atoms with Crippen molar-refractivity contribution in [3.8, 4) is 0 Å². The van der Waals surface area contributed by atoms with Crippen LogP contribution in [0, 0.1) is 5.92 Å². The standard InChI is InChI=1S/C16H23F2N/c1-12(2)11-16(17,18)15-5-3-13(4-6-15)14-7-9-19-10-8-14/h3-6,12,14,19H,7-11H2,1-2H3. The van der Waals surface area contributed by atoms with E-state index in [1.807, 2.05) is 26.0 Å². The van der Waals surface area contributed by atoms with Crippen molar-refractivity contribution in [2.75, 3.05) is 13.1 Å². The van der Waals surface area contributed by atoms with E-state index < -0.39 is 5.92 Å². The highest BCUT2D eigenvalue weighted by molar-refractivity contribution is 5.28. The third kappa shape index (κ3) is 3.75. The fourth-order valence-corrected chi connectivity index (χ4v) is 2.78. The molecule has 1 saturated heterocycles. The summed E-state index contributed by atoms with van der Waals surface area (Å²) in [7, 11) is 0. The smallest absolute Gasteiger partial charge is 0.273 e. The maximum Gasteiger partial charge on any atom is 0.273 e. The summed E-state index contributed by atoms with van der Waals surface area (Å²) in [6, 6.07) is 7.00. The van der Waals surface area contributed by atoms with E-state index in [0.717, 1.165) is 25.9 Å². The highest BCUT2D eigenvalue weighted by Crippen LogP contribution is 2.35. The summed E-state index contributed by atoms with van der Waals surface area (Å²) >= 11 is 0. The van der Waals surface area contributed by atoms with Gasteiger partial charge in [-0.3, -0.25) is 0 Å². The fourth-order valence-electron chi connectivity index (χ4n) is 2.78. The zero-order valence-electron chi connectivity index (χ0n) is 11.8. The van der Waals surface area contributed by atoms with E-state index in [-0.39, 0.29) is 17.9 Å². The van der Waals surface area contributed by atoms with Crippen LogP contribution in [-0.4, -0.2) is 13.1 Å². The Morgan fingerprint density at radius 2 is 1.74 bits per heavy atom. The van der Waals surface area contributed by atoms with Crippen molar-refractivity contribution in [3.05, 3.63) is 35.4 Å². The molecule has 0 unspecified atom stereocenters. The predicted octanol–water partition coefficient (Wildman–Crippen LogP) is 4.29. The summed E-state index contributed by atoms with van der Waals surface area (Å²) < 4.78 is 27.9.